The molecule has 0 aromatic heterocycles. The molecule has 0 nitrogen and oxygen atoms in total. The maximum atomic E-state index is 4.46. The predicted octanol–water partition coefficient (Wildman–Crippen LogP) is 4.05. The third kappa shape index (κ3) is 3.06. The van der Waals surface area contributed by atoms with Crippen molar-refractivity contribution in [1.82, 2.24) is 0 Å². The molecular formula is C14H14S2. The smallest absolute Gasteiger partial charge is 0.00729 e. The molecule has 16 heavy (non-hydrogen) atoms. The van der Waals surface area contributed by atoms with Gasteiger partial charge in [0.15, 0.2) is 0 Å². The molecule has 0 atom stereocenters. The molecule has 82 valence electrons. The molecule has 0 N–H and O–H groups in total. The van der Waals surface area contributed by atoms with Crippen LogP contribution in [0.3, 0.4) is 0 Å². The minimum atomic E-state index is 1.00. The minimum absolute atomic E-state index is 1.00. The summed E-state index contributed by atoms with van der Waals surface area (Å²) in [5.41, 5.74) is 2.62. The largest absolute Gasteiger partial charge is 0.143 e. The van der Waals surface area contributed by atoms with Crippen LogP contribution < -0.4 is 0 Å². The molecule has 2 rings (SSSR count). The van der Waals surface area contributed by atoms with E-state index >= 15 is 0 Å². The summed E-state index contributed by atoms with van der Waals surface area (Å²) in [4.78, 5) is 2.05. The highest BCUT2D eigenvalue weighted by Gasteiger charge is 2.00. The average molecular weight is 246 g/mol. The number of thiol groups is 2. The van der Waals surface area contributed by atoms with E-state index in [-0.39, 0.29) is 0 Å². The van der Waals surface area contributed by atoms with Gasteiger partial charge in [0.25, 0.3) is 0 Å². The van der Waals surface area contributed by atoms with Crippen LogP contribution in [0.1, 0.15) is 11.1 Å². The van der Waals surface area contributed by atoms with Crippen LogP contribution in [0.2, 0.25) is 0 Å². The lowest BCUT2D eigenvalue weighted by atomic mass is 10.0. The molecule has 0 aliphatic rings. The summed E-state index contributed by atoms with van der Waals surface area (Å²) >= 11 is 8.81. The lowest BCUT2D eigenvalue weighted by molar-refractivity contribution is 0.930. The molecule has 0 saturated carbocycles. The first kappa shape index (κ1) is 11.6. The van der Waals surface area contributed by atoms with E-state index in [4.69, 9.17) is 0 Å². The van der Waals surface area contributed by atoms with Crippen LogP contribution in [-0.4, -0.2) is 0 Å². The number of benzene rings is 2. The van der Waals surface area contributed by atoms with Crippen molar-refractivity contribution in [2.45, 2.75) is 22.6 Å². The summed E-state index contributed by atoms with van der Waals surface area (Å²) in [6.45, 7) is 0. The molecule has 0 heterocycles. The zero-order valence-corrected chi connectivity index (χ0v) is 10.7. The van der Waals surface area contributed by atoms with Gasteiger partial charge >= 0.3 is 0 Å². The van der Waals surface area contributed by atoms with Crippen LogP contribution in [0.15, 0.2) is 58.3 Å². The lowest BCUT2D eigenvalue weighted by Gasteiger charge is -2.06. The average Bonchev–Trinajstić information content (AvgIpc) is 2.32. The molecule has 0 unspecified atom stereocenters. The van der Waals surface area contributed by atoms with Gasteiger partial charge in [0.05, 0.1) is 0 Å². The van der Waals surface area contributed by atoms with Gasteiger partial charge in [-0.2, -0.15) is 0 Å². The monoisotopic (exact) mass is 246 g/mol. The van der Waals surface area contributed by atoms with Gasteiger partial charge in [0, 0.05) is 9.79 Å². The Morgan fingerprint density at radius 2 is 1.56 bits per heavy atom. The second kappa shape index (κ2) is 5.46. The predicted molar refractivity (Wildman–Crippen MR) is 74.8 cm³/mol. The second-order valence-corrected chi connectivity index (χ2v) is 4.80. The van der Waals surface area contributed by atoms with E-state index in [9.17, 15) is 0 Å². The topological polar surface area (TPSA) is 0 Å². The van der Waals surface area contributed by atoms with Gasteiger partial charge < -0.3 is 0 Å². The zero-order chi connectivity index (χ0) is 11.4. The zero-order valence-electron chi connectivity index (χ0n) is 8.93. The molecule has 0 radical (unpaired) electrons. The van der Waals surface area contributed by atoms with E-state index in [0.29, 0.717) is 0 Å². The van der Waals surface area contributed by atoms with Gasteiger partial charge in [-0.05, 0) is 42.2 Å². The Labute approximate surface area is 108 Å². The normalized spacial score (nSPS) is 10.4. The Kier molecular flexibility index (Phi) is 3.97. The van der Waals surface area contributed by atoms with Crippen molar-refractivity contribution in [3.8, 4) is 0 Å². The van der Waals surface area contributed by atoms with Crippen LogP contribution in [-0.2, 0) is 12.8 Å². The first-order valence-electron chi connectivity index (χ1n) is 5.30. The van der Waals surface area contributed by atoms with E-state index in [1.54, 1.807) is 0 Å². The molecule has 0 aliphatic heterocycles. The molecule has 0 spiro atoms. The Bertz CT molecular complexity index is 463. The highest BCUT2D eigenvalue weighted by Crippen LogP contribution is 2.19. The Balaban J connectivity index is 2.08. The van der Waals surface area contributed by atoms with Gasteiger partial charge in [0.2, 0.25) is 0 Å². The maximum absolute atomic E-state index is 4.46. The highest BCUT2D eigenvalue weighted by molar-refractivity contribution is 7.80. The highest BCUT2D eigenvalue weighted by atomic mass is 32.1. The third-order valence-electron chi connectivity index (χ3n) is 2.59. The van der Waals surface area contributed by atoms with Gasteiger partial charge in [-0.3, -0.25) is 0 Å². The van der Waals surface area contributed by atoms with E-state index in [0.717, 1.165) is 22.6 Å². The van der Waals surface area contributed by atoms with Crippen molar-refractivity contribution >= 4 is 25.3 Å². The minimum Gasteiger partial charge on any atom is -0.143 e. The molecule has 0 aliphatic carbocycles. The van der Waals surface area contributed by atoms with Crippen molar-refractivity contribution in [2.24, 2.45) is 0 Å². The summed E-state index contributed by atoms with van der Waals surface area (Å²) in [7, 11) is 0. The van der Waals surface area contributed by atoms with Gasteiger partial charge in [-0.25, -0.2) is 0 Å². The fourth-order valence-electron chi connectivity index (χ4n) is 1.70. The fourth-order valence-corrected chi connectivity index (χ4v) is 2.18. The van der Waals surface area contributed by atoms with Gasteiger partial charge in [-0.1, -0.05) is 30.3 Å². The molecule has 2 aromatic carbocycles. The Hall–Kier alpha value is -0.860. The molecule has 0 bridgehead atoms. The number of hydrogen-bond acceptors (Lipinski definition) is 2. The van der Waals surface area contributed by atoms with Crippen molar-refractivity contribution < 1.29 is 0 Å². The fraction of sp³-hybridized carbons (Fsp3) is 0.143. The summed E-state index contributed by atoms with van der Waals surface area (Å²) in [5.74, 6) is 0. The molecular weight excluding hydrogens is 232 g/mol. The first-order chi connectivity index (χ1) is 7.75. The molecule has 2 aromatic rings. The molecule has 0 fully saturated rings. The number of rotatable bonds is 3. The van der Waals surface area contributed by atoms with Crippen LogP contribution in [0.25, 0.3) is 0 Å². The van der Waals surface area contributed by atoms with E-state index in [1.807, 2.05) is 18.2 Å². The first-order valence-corrected chi connectivity index (χ1v) is 6.20. The van der Waals surface area contributed by atoms with E-state index in [1.165, 1.54) is 11.1 Å². The van der Waals surface area contributed by atoms with Crippen molar-refractivity contribution in [2.75, 3.05) is 0 Å². The van der Waals surface area contributed by atoms with Crippen LogP contribution in [0, 0.1) is 0 Å². The maximum Gasteiger partial charge on any atom is 0.00729 e. The van der Waals surface area contributed by atoms with E-state index < -0.39 is 0 Å². The summed E-state index contributed by atoms with van der Waals surface area (Å²) < 4.78 is 0. The summed E-state index contributed by atoms with van der Waals surface area (Å²) in [6, 6.07) is 16.6. The van der Waals surface area contributed by atoms with Gasteiger partial charge in [0.1, 0.15) is 0 Å². The van der Waals surface area contributed by atoms with Crippen LogP contribution in [0.5, 0.6) is 0 Å². The second-order valence-electron chi connectivity index (χ2n) is 3.80. The van der Waals surface area contributed by atoms with Crippen molar-refractivity contribution in [3.63, 3.8) is 0 Å². The summed E-state index contributed by atoms with van der Waals surface area (Å²) in [5, 5.41) is 0. The third-order valence-corrected chi connectivity index (χ3v) is 3.30. The SMILES string of the molecule is Sc1ccc(S)c(CCc2ccccc2)c1. The number of hydrogen-bond donors (Lipinski definition) is 2. The lowest BCUT2D eigenvalue weighted by Crippen LogP contribution is -1.92. The van der Waals surface area contributed by atoms with E-state index in [2.05, 4.69) is 55.6 Å². The van der Waals surface area contributed by atoms with Crippen LogP contribution in [0.4, 0.5) is 0 Å². The Morgan fingerprint density at radius 3 is 2.31 bits per heavy atom. The quantitative estimate of drug-likeness (QED) is 0.750. The molecule has 2 heteroatoms. The van der Waals surface area contributed by atoms with Crippen molar-refractivity contribution in [3.05, 3.63) is 59.7 Å². The molecule has 0 saturated heterocycles. The Morgan fingerprint density at radius 1 is 0.812 bits per heavy atom. The van der Waals surface area contributed by atoms with Crippen molar-refractivity contribution in [1.29, 1.82) is 0 Å². The standard InChI is InChI=1S/C14H14S2/c15-13-8-9-14(16)12(10-13)7-6-11-4-2-1-3-5-11/h1-5,8-10,15-16H,6-7H2. The summed E-state index contributed by atoms with van der Waals surface area (Å²) in [6.07, 6.45) is 2.06. The molecule has 0 amide bonds. The van der Waals surface area contributed by atoms with Gasteiger partial charge in [-0.15, -0.1) is 25.3 Å². The van der Waals surface area contributed by atoms with Crippen LogP contribution >= 0.6 is 25.3 Å². The number of aryl methyl sites for hydroxylation is 2.